The van der Waals surface area contributed by atoms with Crippen LogP contribution in [0, 0.1) is 0 Å². The third-order valence-corrected chi connectivity index (χ3v) is 9.56. The Morgan fingerprint density at radius 3 is 2.65 bits per heavy atom. The maximum absolute atomic E-state index is 11.6. The lowest BCUT2D eigenvalue weighted by Gasteiger charge is -2.28. The largest absolute Gasteiger partial charge is 0.481 e. The van der Waals surface area contributed by atoms with Crippen molar-refractivity contribution >= 4 is 29.1 Å². The number of hydrogen-bond donors (Lipinski definition) is 4. The Kier molecular flexibility index (Phi) is 10.2. The van der Waals surface area contributed by atoms with Crippen molar-refractivity contribution in [1.29, 1.82) is 0 Å². The number of nitrogens with zero attached hydrogens (tertiary/aromatic N) is 2. The molecular weight excluding hydrogens is 621 g/mol. The lowest BCUT2D eigenvalue weighted by molar-refractivity contribution is -0.119. The third kappa shape index (κ3) is 7.06. The van der Waals surface area contributed by atoms with E-state index in [9.17, 15) is 9.90 Å². The Balaban J connectivity index is 1.26. The fourth-order valence-corrected chi connectivity index (χ4v) is 7.07. The van der Waals surface area contributed by atoms with Crippen LogP contribution in [0.1, 0.15) is 55.3 Å². The number of rotatable bonds is 11. The minimum atomic E-state index is -0.443. The van der Waals surface area contributed by atoms with Crippen LogP contribution >= 0.6 is 23.2 Å². The molecule has 0 radical (unpaired) electrons. The second-order valence-corrected chi connectivity index (χ2v) is 12.9. The van der Waals surface area contributed by atoms with E-state index in [2.05, 4.69) is 34.1 Å². The first kappa shape index (κ1) is 32.4. The number of carbonyl (C=O) groups excluding carboxylic acids is 1. The zero-order chi connectivity index (χ0) is 32.2. The fraction of sp³-hybridized carbons (Fsp3) is 0.361. The molecule has 1 amide bonds. The summed E-state index contributed by atoms with van der Waals surface area (Å²) in [4.78, 5) is 21.1. The number of nitrogens with one attached hydrogen (secondary N) is 3. The molecule has 4 N–H and O–H groups in total. The number of pyridine rings is 2. The van der Waals surface area contributed by atoms with Gasteiger partial charge in [0, 0.05) is 72.2 Å². The van der Waals surface area contributed by atoms with Gasteiger partial charge in [-0.15, -0.1) is 0 Å². The quantitative estimate of drug-likeness (QED) is 0.145. The van der Waals surface area contributed by atoms with Crippen molar-refractivity contribution in [3.05, 3.63) is 87.5 Å². The normalized spacial score (nSPS) is 18.2. The zero-order valence-corrected chi connectivity index (χ0v) is 27.6. The summed E-state index contributed by atoms with van der Waals surface area (Å²) in [6.45, 7) is 3.50. The van der Waals surface area contributed by atoms with Crippen molar-refractivity contribution in [3.63, 3.8) is 0 Å². The summed E-state index contributed by atoms with van der Waals surface area (Å²) in [5.41, 5.74) is 8.18. The number of hydrogen-bond acceptors (Lipinski definition) is 7. The van der Waals surface area contributed by atoms with Crippen molar-refractivity contribution < 1.29 is 14.6 Å². The van der Waals surface area contributed by atoms with Gasteiger partial charge < -0.3 is 25.8 Å². The summed E-state index contributed by atoms with van der Waals surface area (Å²) in [7, 11) is 1.59. The lowest BCUT2D eigenvalue weighted by atomic mass is 9.86. The highest BCUT2D eigenvalue weighted by molar-refractivity contribution is 6.39. The van der Waals surface area contributed by atoms with E-state index in [1.54, 1.807) is 20.2 Å². The number of fused-ring (bicyclic) bond motifs is 1. The van der Waals surface area contributed by atoms with Gasteiger partial charge in [-0.25, -0.2) is 4.98 Å². The molecule has 0 spiro atoms. The monoisotopic (exact) mass is 659 g/mol. The van der Waals surface area contributed by atoms with Crippen LogP contribution in [0.3, 0.4) is 0 Å². The smallest absolute Gasteiger partial charge is 0.220 e. The molecule has 3 heterocycles. The molecule has 0 saturated carbocycles. The Hall–Kier alpha value is -3.53. The van der Waals surface area contributed by atoms with Crippen LogP contribution in [0.4, 0.5) is 0 Å². The summed E-state index contributed by atoms with van der Waals surface area (Å²) in [5, 5.41) is 20.6. The van der Waals surface area contributed by atoms with Gasteiger partial charge in [-0.05, 0) is 61.9 Å². The minimum absolute atomic E-state index is 0.143. The maximum Gasteiger partial charge on any atom is 0.220 e. The second-order valence-electron chi connectivity index (χ2n) is 12.1. The highest BCUT2D eigenvalue weighted by Gasteiger charge is 2.25. The van der Waals surface area contributed by atoms with Crippen LogP contribution in [0.25, 0.3) is 33.6 Å². The van der Waals surface area contributed by atoms with Crippen LogP contribution in [0.5, 0.6) is 5.88 Å². The van der Waals surface area contributed by atoms with Gasteiger partial charge in [-0.1, -0.05) is 59.6 Å². The van der Waals surface area contributed by atoms with Gasteiger partial charge in [0.05, 0.1) is 34.6 Å². The van der Waals surface area contributed by atoms with E-state index in [4.69, 9.17) is 37.9 Å². The van der Waals surface area contributed by atoms with E-state index >= 15 is 0 Å². The SMILES string of the molecule is COc1nc(-c2cccc(-c3ccnc(-c4ccc5c(c4)CCC[C@@H]5NC[C@@H]4CCC(=O)N4)c3Cl)c2Cl)ccc1CNCC(C)O. The summed E-state index contributed by atoms with van der Waals surface area (Å²) in [5.74, 6) is 0.640. The van der Waals surface area contributed by atoms with Crippen molar-refractivity contribution in [3.8, 4) is 39.5 Å². The summed E-state index contributed by atoms with van der Waals surface area (Å²) >= 11 is 14.2. The molecule has 4 aromatic rings. The summed E-state index contributed by atoms with van der Waals surface area (Å²) in [6, 6.07) is 18.6. The molecule has 0 bridgehead atoms. The molecule has 6 rings (SSSR count). The Bertz CT molecular complexity index is 1730. The topological polar surface area (TPSA) is 108 Å². The molecule has 2 aromatic heterocycles. The number of benzene rings is 2. The number of methoxy groups -OCH3 is 1. The average molecular weight is 661 g/mol. The van der Waals surface area contributed by atoms with Gasteiger partial charge in [-0.2, -0.15) is 0 Å². The van der Waals surface area contributed by atoms with Gasteiger partial charge in [0.15, 0.2) is 0 Å². The third-order valence-electron chi connectivity index (χ3n) is 8.77. The van der Waals surface area contributed by atoms with E-state index in [1.165, 1.54) is 11.1 Å². The number of amides is 1. The number of carbonyl (C=O) groups is 1. The molecule has 1 unspecified atom stereocenters. The molecule has 1 saturated heterocycles. The fourth-order valence-electron chi connectivity index (χ4n) is 6.43. The first-order valence-corrected chi connectivity index (χ1v) is 16.6. The minimum Gasteiger partial charge on any atom is -0.481 e. The van der Waals surface area contributed by atoms with Crippen molar-refractivity contribution in [2.24, 2.45) is 0 Å². The predicted octanol–water partition coefficient (Wildman–Crippen LogP) is 6.51. The van der Waals surface area contributed by atoms with Gasteiger partial charge >= 0.3 is 0 Å². The maximum atomic E-state index is 11.6. The van der Waals surface area contributed by atoms with E-state index in [0.29, 0.717) is 46.8 Å². The van der Waals surface area contributed by atoms with E-state index in [-0.39, 0.29) is 18.0 Å². The molecular formula is C36H39Cl2N5O3. The molecule has 1 aliphatic carbocycles. The number of ether oxygens (including phenoxy) is 1. The van der Waals surface area contributed by atoms with Crippen molar-refractivity contribution in [2.75, 3.05) is 20.2 Å². The number of aromatic nitrogens is 2. The molecule has 2 aromatic carbocycles. The number of aliphatic hydroxyl groups is 1. The first-order valence-electron chi connectivity index (χ1n) is 15.8. The molecule has 10 heteroatoms. The van der Waals surface area contributed by atoms with Crippen LogP contribution in [0.15, 0.2) is 60.8 Å². The zero-order valence-electron chi connectivity index (χ0n) is 26.1. The predicted molar refractivity (Wildman–Crippen MR) is 183 cm³/mol. The highest BCUT2D eigenvalue weighted by Crippen LogP contribution is 2.42. The molecule has 8 nitrogen and oxygen atoms in total. The van der Waals surface area contributed by atoms with Crippen molar-refractivity contribution in [1.82, 2.24) is 25.9 Å². The molecule has 46 heavy (non-hydrogen) atoms. The average Bonchev–Trinajstić information content (AvgIpc) is 3.48. The van der Waals surface area contributed by atoms with E-state index in [0.717, 1.165) is 60.0 Å². The van der Waals surface area contributed by atoms with Crippen molar-refractivity contribution in [2.45, 2.75) is 63.8 Å². The lowest BCUT2D eigenvalue weighted by Crippen LogP contribution is -2.38. The van der Waals surface area contributed by atoms with Gasteiger partial charge in [0.1, 0.15) is 0 Å². The molecule has 3 atom stereocenters. The summed E-state index contributed by atoms with van der Waals surface area (Å²) < 4.78 is 5.59. The molecule has 1 aliphatic heterocycles. The Morgan fingerprint density at radius 1 is 1.04 bits per heavy atom. The van der Waals surface area contributed by atoms with E-state index in [1.807, 2.05) is 36.4 Å². The van der Waals surface area contributed by atoms with Gasteiger partial charge in [-0.3, -0.25) is 9.78 Å². The summed E-state index contributed by atoms with van der Waals surface area (Å²) in [6.07, 6.45) is 5.99. The van der Waals surface area contributed by atoms with Gasteiger partial charge in [0.25, 0.3) is 0 Å². The Morgan fingerprint density at radius 2 is 1.87 bits per heavy atom. The van der Waals surface area contributed by atoms with Crippen LogP contribution in [-0.4, -0.2) is 53.3 Å². The number of halogens is 2. The van der Waals surface area contributed by atoms with Crippen LogP contribution in [0.2, 0.25) is 10.0 Å². The Labute approximate surface area is 279 Å². The van der Waals surface area contributed by atoms with Crippen LogP contribution in [-0.2, 0) is 17.8 Å². The van der Waals surface area contributed by atoms with Crippen LogP contribution < -0.4 is 20.7 Å². The molecule has 240 valence electrons. The van der Waals surface area contributed by atoms with E-state index < -0.39 is 6.10 Å². The van der Waals surface area contributed by atoms with Gasteiger partial charge in [0.2, 0.25) is 11.8 Å². The second kappa shape index (κ2) is 14.5. The number of aryl methyl sites for hydroxylation is 1. The molecule has 2 aliphatic rings. The standard InChI is InChI=1S/C36H39Cl2N5O3/c1-21(44)18-39-19-24-10-13-31(43-36(24)46-2)29-7-4-6-27(33(29)37)28-15-16-40-35(34(28)38)23-9-12-26-22(17-23)5-3-8-30(26)41-20-25-11-14-32(45)42-25/h4,6-7,9-10,12-13,15-17,21,25,30,39,41,44H,3,5,8,11,14,18-20H2,1-2H3,(H,42,45)/t21?,25-,30-/m0/s1. The molecule has 1 fully saturated rings. The number of aliphatic hydroxyl groups excluding tert-OH is 1. The first-order chi connectivity index (χ1) is 22.3. The highest BCUT2D eigenvalue weighted by atomic mass is 35.5.